The van der Waals surface area contributed by atoms with Gasteiger partial charge in [-0.1, -0.05) is 44.0 Å². The normalized spacial score (nSPS) is 15.1. The number of nitrogens with zero attached hydrogens (tertiary/aromatic N) is 6. The maximum absolute atomic E-state index is 10.5. The second-order valence-electron chi connectivity index (χ2n) is 10.1. The summed E-state index contributed by atoms with van der Waals surface area (Å²) in [5.74, 6) is 2.12. The van der Waals surface area contributed by atoms with Crippen molar-refractivity contribution in [1.29, 1.82) is 0 Å². The molecule has 9 heteroatoms. The summed E-state index contributed by atoms with van der Waals surface area (Å²) in [6.07, 6.45) is 12.1. The van der Waals surface area contributed by atoms with Gasteiger partial charge in [-0.3, -0.25) is 4.79 Å². The number of allylic oxidation sites excluding steroid dienone is 1. The van der Waals surface area contributed by atoms with E-state index in [2.05, 4.69) is 60.1 Å². The number of halogens is 1. The van der Waals surface area contributed by atoms with Gasteiger partial charge in [0.25, 0.3) is 0 Å². The third-order valence-electron chi connectivity index (χ3n) is 6.62. The van der Waals surface area contributed by atoms with Gasteiger partial charge in [0, 0.05) is 43.9 Å². The van der Waals surface area contributed by atoms with Crippen LogP contribution >= 0.6 is 11.6 Å². The fraction of sp³-hybridized carbons (Fsp3) is 0.467. The molecule has 4 heterocycles. The number of carbonyl (C=O) groups is 1. The number of hydrogen-bond donors (Lipinski definition) is 1. The van der Waals surface area contributed by atoms with Crippen molar-refractivity contribution in [2.75, 3.05) is 25.5 Å². The average molecular weight is 552 g/mol. The summed E-state index contributed by atoms with van der Waals surface area (Å²) in [4.78, 5) is 17.1. The SMILES string of the molecule is CCC.CNc1cc(C2CCN(C(C)C)CC2)nn1-c1ccc(C)cc1Cl.O=Cc1cnn2c1N=CCC=C2. The van der Waals surface area contributed by atoms with E-state index in [1.165, 1.54) is 31.2 Å². The molecule has 2 aliphatic heterocycles. The van der Waals surface area contributed by atoms with Crippen molar-refractivity contribution in [2.24, 2.45) is 4.99 Å². The maximum Gasteiger partial charge on any atom is 0.165 e. The topological polar surface area (TPSA) is 80.3 Å². The molecule has 0 aliphatic carbocycles. The number of aryl methyl sites for hydroxylation is 1. The molecule has 2 aliphatic rings. The summed E-state index contributed by atoms with van der Waals surface area (Å²) < 4.78 is 3.53. The average Bonchev–Trinajstić information content (AvgIpc) is 3.46. The molecule has 0 unspecified atom stereocenters. The molecule has 0 radical (unpaired) electrons. The van der Waals surface area contributed by atoms with Crippen molar-refractivity contribution in [3.63, 3.8) is 0 Å². The highest BCUT2D eigenvalue weighted by Gasteiger charge is 2.25. The third kappa shape index (κ3) is 7.90. The first kappa shape index (κ1) is 30.3. The number of hydrogen-bond acceptors (Lipinski definition) is 6. The lowest BCUT2D eigenvalue weighted by molar-refractivity contribution is 0.112. The number of piperidine rings is 1. The van der Waals surface area contributed by atoms with Crippen LogP contribution in [0.3, 0.4) is 0 Å². The molecule has 2 aromatic heterocycles. The number of fused-ring (bicyclic) bond motifs is 1. The van der Waals surface area contributed by atoms with E-state index in [1.54, 1.807) is 17.1 Å². The van der Waals surface area contributed by atoms with Crippen LogP contribution in [0.1, 0.15) is 80.9 Å². The van der Waals surface area contributed by atoms with Crippen LogP contribution in [0.25, 0.3) is 11.9 Å². The fourth-order valence-electron chi connectivity index (χ4n) is 4.51. The van der Waals surface area contributed by atoms with Gasteiger partial charge >= 0.3 is 0 Å². The first-order chi connectivity index (χ1) is 18.8. The number of aliphatic imine (C=N–C) groups is 1. The standard InChI is InChI=1S/C19H27ClN4.C8H7N3O.C3H8/c1-13(2)23-9-7-15(8-10-23)17-12-19(21-4)24(22-17)18-6-5-14(3)11-16(18)20;12-6-7-5-10-11-4-2-1-3-9-8(7)11;1-3-2/h5-6,11-13,15,21H,7-10H2,1-4H3;2-6H,1H2;3H2,1-2H3. The van der Waals surface area contributed by atoms with Crippen molar-refractivity contribution in [1.82, 2.24) is 24.5 Å². The molecule has 8 nitrogen and oxygen atoms in total. The van der Waals surface area contributed by atoms with Gasteiger partial charge < -0.3 is 10.2 Å². The van der Waals surface area contributed by atoms with Crippen LogP contribution in [0.15, 0.2) is 41.5 Å². The van der Waals surface area contributed by atoms with Crippen molar-refractivity contribution in [2.45, 2.75) is 72.3 Å². The first-order valence-electron chi connectivity index (χ1n) is 13.8. The van der Waals surface area contributed by atoms with Gasteiger partial charge in [-0.15, -0.1) is 0 Å². The molecule has 1 fully saturated rings. The number of likely N-dealkylation sites (tertiary alicyclic amines) is 1. The lowest BCUT2D eigenvalue weighted by Gasteiger charge is -2.33. The molecule has 39 heavy (non-hydrogen) atoms. The Hall–Kier alpha value is -3.23. The zero-order valence-corrected chi connectivity index (χ0v) is 24.8. The first-order valence-corrected chi connectivity index (χ1v) is 14.2. The van der Waals surface area contributed by atoms with Crippen LogP contribution in [0.5, 0.6) is 0 Å². The molecule has 1 aromatic carbocycles. The van der Waals surface area contributed by atoms with E-state index < -0.39 is 0 Å². The lowest BCUT2D eigenvalue weighted by atomic mass is 9.93. The minimum absolute atomic E-state index is 0.526. The lowest BCUT2D eigenvalue weighted by Crippen LogP contribution is -2.37. The molecule has 5 rings (SSSR count). The van der Waals surface area contributed by atoms with Gasteiger partial charge in [0.1, 0.15) is 5.82 Å². The second-order valence-corrected chi connectivity index (χ2v) is 10.5. The van der Waals surface area contributed by atoms with Crippen LogP contribution in [-0.4, -0.2) is 63.1 Å². The number of nitrogens with one attached hydrogen (secondary N) is 1. The van der Waals surface area contributed by atoms with E-state index >= 15 is 0 Å². The fourth-order valence-corrected chi connectivity index (χ4v) is 4.83. The monoisotopic (exact) mass is 551 g/mol. The van der Waals surface area contributed by atoms with Gasteiger partial charge in [0.05, 0.1) is 28.2 Å². The zero-order valence-electron chi connectivity index (χ0n) is 24.1. The van der Waals surface area contributed by atoms with Gasteiger partial charge in [-0.05, 0) is 64.4 Å². The number of aromatic nitrogens is 4. The number of carbonyl (C=O) groups excluding carboxylic acids is 1. The zero-order chi connectivity index (χ0) is 28.4. The molecule has 210 valence electrons. The highest BCUT2D eigenvalue weighted by molar-refractivity contribution is 6.32. The Bertz CT molecular complexity index is 1270. The second kappa shape index (κ2) is 14.8. The van der Waals surface area contributed by atoms with Crippen molar-refractivity contribution in [3.8, 4) is 5.69 Å². The van der Waals surface area contributed by atoms with E-state index in [9.17, 15) is 4.79 Å². The predicted molar refractivity (Wildman–Crippen MR) is 163 cm³/mol. The van der Waals surface area contributed by atoms with Crippen LogP contribution in [0.2, 0.25) is 5.02 Å². The van der Waals surface area contributed by atoms with E-state index in [0.717, 1.165) is 47.9 Å². The Morgan fingerprint density at radius 2 is 1.90 bits per heavy atom. The minimum Gasteiger partial charge on any atom is -0.373 e. The summed E-state index contributed by atoms with van der Waals surface area (Å²) in [5.41, 5.74) is 3.78. The van der Waals surface area contributed by atoms with E-state index in [1.807, 2.05) is 36.9 Å². The van der Waals surface area contributed by atoms with E-state index in [-0.39, 0.29) is 0 Å². The Kier molecular flexibility index (Phi) is 11.5. The van der Waals surface area contributed by atoms with Crippen LogP contribution in [-0.2, 0) is 0 Å². The van der Waals surface area contributed by atoms with E-state index in [0.29, 0.717) is 23.3 Å². The Morgan fingerprint density at radius 3 is 2.51 bits per heavy atom. The molecule has 1 saturated heterocycles. The quantitative estimate of drug-likeness (QED) is 0.340. The maximum atomic E-state index is 10.5. The Balaban J connectivity index is 0.000000233. The molecule has 0 amide bonds. The molecule has 1 N–H and O–H groups in total. The molecular weight excluding hydrogens is 510 g/mol. The van der Waals surface area contributed by atoms with Gasteiger partial charge in [0.2, 0.25) is 0 Å². The molecule has 0 atom stereocenters. The summed E-state index contributed by atoms with van der Waals surface area (Å²) in [5, 5.41) is 12.8. The highest BCUT2D eigenvalue weighted by atomic mass is 35.5. The molecule has 0 saturated carbocycles. The summed E-state index contributed by atoms with van der Waals surface area (Å²) >= 11 is 6.45. The summed E-state index contributed by atoms with van der Waals surface area (Å²) in [7, 11) is 1.93. The van der Waals surface area contributed by atoms with Crippen LogP contribution < -0.4 is 5.32 Å². The number of rotatable bonds is 5. The number of benzene rings is 1. The van der Waals surface area contributed by atoms with Gasteiger partial charge in [-0.25, -0.2) is 14.4 Å². The third-order valence-corrected chi connectivity index (χ3v) is 6.92. The number of anilines is 1. The molecular formula is C30H42ClN7O. The summed E-state index contributed by atoms with van der Waals surface area (Å²) in [6, 6.07) is 8.90. The number of aldehydes is 1. The van der Waals surface area contributed by atoms with Crippen LogP contribution in [0.4, 0.5) is 11.6 Å². The highest BCUT2D eigenvalue weighted by Crippen LogP contribution is 2.32. The molecule has 3 aromatic rings. The Labute approximate surface area is 237 Å². The van der Waals surface area contributed by atoms with Crippen molar-refractivity contribution < 1.29 is 4.79 Å². The van der Waals surface area contributed by atoms with Gasteiger partial charge in [-0.2, -0.15) is 10.2 Å². The summed E-state index contributed by atoms with van der Waals surface area (Å²) in [6.45, 7) is 13.1. The molecule has 0 spiro atoms. The predicted octanol–water partition coefficient (Wildman–Crippen LogP) is 7.15. The van der Waals surface area contributed by atoms with Gasteiger partial charge in [0.15, 0.2) is 12.1 Å². The smallest absolute Gasteiger partial charge is 0.165 e. The molecule has 0 bridgehead atoms. The van der Waals surface area contributed by atoms with Crippen LogP contribution in [0, 0.1) is 6.92 Å². The van der Waals surface area contributed by atoms with Crippen molar-refractivity contribution >= 4 is 41.9 Å². The van der Waals surface area contributed by atoms with E-state index in [4.69, 9.17) is 16.7 Å². The largest absolute Gasteiger partial charge is 0.373 e. The minimum atomic E-state index is 0.526. The van der Waals surface area contributed by atoms with Crippen molar-refractivity contribution in [3.05, 3.63) is 58.4 Å². The Morgan fingerprint density at radius 1 is 1.18 bits per heavy atom.